The highest BCUT2D eigenvalue weighted by molar-refractivity contribution is 7.13. The van der Waals surface area contributed by atoms with Crippen LogP contribution in [0.5, 0.6) is 0 Å². The zero-order valence-electron chi connectivity index (χ0n) is 18.2. The molecule has 1 aliphatic heterocycles. The largest absolute Gasteiger partial charge is 0.375 e. The predicted molar refractivity (Wildman–Crippen MR) is 125 cm³/mol. The van der Waals surface area contributed by atoms with E-state index in [1.54, 1.807) is 30.4 Å². The minimum atomic E-state index is -1.48. The van der Waals surface area contributed by atoms with E-state index in [1.165, 1.54) is 11.3 Å². The lowest BCUT2D eigenvalue weighted by molar-refractivity contribution is -0.143. The maximum Gasteiger partial charge on any atom is 0.258 e. The number of likely N-dealkylation sites (N-methyl/N-ethyl adjacent to an activating group) is 1. The maximum atomic E-state index is 12.5. The first-order valence-electron chi connectivity index (χ1n) is 10.6. The number of anilines is 1. The number of nitrogens with one attached hydrogen (secondary N) is 2. The number of likely N-dealkylation sites (tertiary alicyclic amines) is 1. The van der Waals surface area contributed by atoms with Gasteiger partial charge in [-0.15, -0.1) is 11.3 Å². The highest BCUT2D eigenvalue weighted by Crippen LogP contribution is 2.35. The molecular weight excluding hydrogens is 438 g/mol. The van der Waals surface area contributed by atoms with Crippen molar-refractivity contribution in [3.05, 3.63) is 65.4 Å². The molecule has 1 fully saturated rings. The molecule has 1 aromatic carbocycles. The molecule has 1 unspecified atom stereocenters. The zero-order chi connectivity index (χ0) is 23.0. The number of H-pyrrole nitrogens is 1. The van der Waals surface area contributed by atoms with Gasteiger partial charge in [0.05, 0.1) is 17.4 Å². The Morgan fingerprint density at radius 2 is 2.12 bits per heavy atom. The summed E-state index contributed by atoms with van der Waals surface area (Å²) in [5, 5.41) is 23.9. The second kappa shape index (κ2) is 8.38. The Balaban J connectivity index is 1.39. The Kier molecular flexibility index (Phi) is 5.39. The Labute approximate surface area is 194 Å². The third kappa shape index (κ3) is 3.98. The molecule has 9 nitrogen and oxygen atoms in total. The van der Waals surface area contributed by atoms with Crippen molar-refractivity contribution in [3.63, 3.8) is 0 Å². The number of benzene rings is 1. The highest BCUT2D eigenvalue weighted by Gasteiger charge is 2.45. The molecule has 0 bridgehead atoms. The van der Waals surface area contributed by atoms with E-state index in [0.29, 0.717) is 30.2 Å². The van der Waals surface area contributed by atoms with Gasteiger partial charge in [0.2, 0.25) is 5.95 Å². The van der Waals surface area contributed by atoms with E-state index >= 15 is 0 Å². The molecule has 0 radical (unpaired) electrons. The third-order valence-corrected chi connectivity index (χ3v) is 6.70. The van der Waals surface area contributed by atoms with Crippen LogP contribution in [0.3, 0.4) is 0 Å². The topological polar surface area (TPSA) is 120 Å². The van der Waals surface area contributed by atoms with E-state index in [2.05, 4.69) is 25.5 Å². The van der Waals surface area contributed by atoms with Crippen LogP contribution in [-0.4, -0.2) is 54.7 Å². The van der Waals surface area contributed by atoms with Gasteiger partial charge in [0.15, 0.2) is 5.60 Å². The van der Waals surface area contributed by atoms with Gasteiger partial charge < -0.3 is 15.3 Å². The van der Waals surface area contributed by atoms with Gasteiger partial charge in [-0.05, 0) is 30.7 Å². The van der Waals surface area contributed by atoms with Crippen molar-refractivity contribution in [2.45, 2.75) is 25.0 Å². The van der Waals surface area contributed by atoms with Crippen LogP contribution in [0.2, 0.25) is 0 Å². The van der Waals surface area contributed by atoms with Crippen LogP contribution in [0.1, 0.15) is 30.6 Å². The molecule has 4 heterocycles. The molecule has 3 aromatic heterocycles. The van der Waals surface area contributed by atoms with Gasteiger partial charge in [-0.1, -0.05) is 18.2 Å². The Morgan fingerprint density at radius 3 is 2.88 bits per heavy atom. The van der Waals surface area contributed by atoms with E-state index in [0.717, 1.165) is 22.0 Å². The van der Waals surface area contributed by atoms with Crippen LogP contribution in [0.15, 0.2) is 54.2 Å². The monoisotopic (exact) mass is 461 g/mol. The number of nitrogens with zero attached hydrogens (tertiary/aromatic N) is 5. The minimum Gasteiger partial charge on any atom is -0.375 e. The normalized spacial score (nSPS) is 19.1. The fourth-order valence-electron chi connectivity index (χ4n) is 3.91. The number of aromatic nitrogens is 5. The van der Waals surface area contributed by atoms with Crippen LogP contribution in [0.4, 0.5) is 5.95 Å². The summed E-state index contributed by atoms with van der Waals surface area (Å²) in [7, 11) is 1.71. The summed E-state index contributed by atoms with van der Waals surface area (Å²) in [5.41, 5.74) is 2.28. The number of hydrogen-bond acceptors (Lipinski definition) is 8. The van der Waals surface area contributed by atoms with Crippen molar-refractivity contribution in [2.75, 3.05) is 18.9 Å². The van der Waals surface area contributed by atoms with Gasteiger partial charge in [0.1, 0.15) is 10.7 Å². The van der Waals surface area contributed by atoms with Crippen molar-refractivity contribution >= 4 is 23.2 Å². The smallest absolute Gasteiger partial charge is 0.258 e. The van der Waals surface area contributed by atoms with Gasteiger partial charge in [-0.3, -0.25) is 9.89 Å². The van der Waals surface area contributed by atoms with Crippen LogP contribution in [0, 0.1) is 0 Å². The summed E-state index contributed by atoms with van der Waals surface area (Å²) < 4.78 is 0. The van der Waals surface area contributed by atoms with E-state index < -0.39 is 5.60 Å². The number of hydrogen-bond donors (Lipinski definition) is 3. The molecular formula is C23H23N7O2S. The first kappa shape index (κ1) is 21.2. The molecule has 1 amide bonds. The zero-order valence-corrected chi connectivity index (χ0v) is 19.0. The van der Waals surface area contributed by atoms with Crippen LogP contribution >= 0.6 is 11.3 Å². The average molecular weight is 462 g/mol. The molecule has 3 N–H and O–H groups in total. The summed E-state index contributed by atoms with van der Waals surface area (Å²) >= 11 is 1.48. The van der Waals surface area contributed by atoms with E-state index in [-0.39, 0.29) is 11.9 Å². The van der Waals surface area contributed by atoms with Crippen LogP contribution in [-0.2, 0) is 10.4 Å². The van der Waals surface area contributed by atoms with Gasteiger partial charge in [0.25, 0.3) is 5.91 Å². The summed E-state index contributed by atoms with van der Waals surface area (Å²) in [6, 6.07) is 11.1. The molecule has 0 aliphatic carbocycles. The number of carbonyl (C=O) groups is 1. The van der Waals surface area contributed by atoms with Crippen molar-refractivity contribution in [1.29, 1.82) is 0 Å². The summed E-state index contributed by atoms with van der Waals surface area (Å²) in [6.07, 6.45) is 3.85. The third-order valence-electron chi connectivity index (χ3n) is 5.84. The molecule has 5 rings (SSSR count). The Bertz CT molecular complexity index is 1290. The van der Waals surface area contributed by atoms with Crippen molar-refractivity contribution in [3.8, 4) is 22.0 Å². The number of amides is 1. The van der Waals surface area contributed by atoms with Crippen molar-refractivity contribution in [1.82, 2.24) is 30.0 Å². The SMILES string of the molecule is CC(Nc1nccc(-c2nc(-c3cccc([C@]4(O)CCN(C)C4=O)c3)cs2)n1)c1cc[nH]n1. The molecule has 4 aromatic rings. The molecule has 10 heteroatoms. The molecule has 0 spiro atoms. The summed E-state index contributed by atoms with van der Waals surface area (Å²) in [5.74, 6) is 0.219. The number of carbonyl (C=O) groups excluding carboxylic acids is 1. The standard InChI is InChI=1S/C23H23N7O2S/c1-14(17-7-10-25-29-17)26-22-24-9-6-18(28-22)20-27-19(13-33-20)15-4-3-5-16(12-15)23(32)8-11-30(2)21(23)31/h3-7,9-10,12-14,32H,8,11H2,1-2H3,(H,25,29)(H,24,26,28)/t14?,23-/m1/s1. The molecule has 0 saturated carbocycles. The summed E-state index contributed by atoms with van der Waals surface area (Å²) in [4.78, 5) is 27.7. The second-order valence-electron chi connectivity index (χ2n) is 8.09. The molecule has 1 saturated heterocycles. The fraction of sp³-hybridized carbons (Fsp3) is 0.261. The van der Waals surface area contributed by atoms with Gasteiger partial charge in [-0.2, -0.15) is 5.10 Å². The average Bonchev–Trinajstić information content (AvgIpc) is 3.59. The molecule has 2 atom stereocenters. The molecule has 33 heavy (non-hydrogen) atoms. The second-order valence-corrected chi connectivity index (χ2v) is 8.94. The maximum absolute atomic E-state index is 12.5. The minimum absolute atomic E-state index is 0.0516. The lowest BCUT2D eigenvalue weighted by Crippen LogP contribution is -2.36. The first-order chi connectivity index (χ1) is 15.9. The number of aromatic amines is 1. The van der Waals surface area contributed by atoms with E-state index in [9.17, 15) is 9.90 Å². The lowest BCUT2D eigenvalue weighted by atomic mass is 9.90. The lowest BCUT2D eigenvalue weighted by Gasteiger charge is -2.21. The number of aliphatic hydroxyl groups is 1. The van der Waals surface area contributed by atoms with Crippen molar-refractivity contribution < 1.29 is 9.90 Å². The molecule has 1 aliphatic rings. The summed E-state index contributed by atoms with van der Waals surface area (Å²) in [6.45, 7) is 2.52. The van der Waals surface area contributed by atoms with Crippen molar-refractivity contribution in [2.24, 2.45) is 0 Å². The number of rotatable bonds is 6. The highest BCUT2D eigenvalue weighted by atomic mass is 32.1. The number of thiazole rings is 1. The first-order valence-corrected chi connectivity index (χ1v) is 11.5. The van der Waals surface area contributed by atoms with Crippen LogP contribution < -0.4 is 5.32 Å². The Hall–Kier alpha value is -3.63. The quantitative estimate of drug-likeness (QED) is 0.403. The van der Waals surface area contributed by atoms with Crippen LogP contribution in [0.25, 0.3) is 22.0 Å². The fourth-order valence-corrected chi connectivity index (χ4v) is 4.71. The van der Waals surface area contributed by atoms with E-state index in [4.69, 9.17) is 4.98 Å². The Morgan fingerprint density at radius 1 is 1.24 bits per heavy atom. The van der Waals surface area contributed by atoms with Gasteiger partial charge in [0, 0.05) is 43.4 Å². The van der Waals surface area contributed by atoms with Gasteiger partial charge in [-0.25, -0.2) is 15.0 Å². The van der Waals surface area contributed by atoms with E-state index in [1.807, 2.05) is 42.6 Å². The van der Waals surface area contributed by atoms with Gasteiger partial charge >= 0.3 is 0 Å². The molecule has 168 valence electrons. The predicted octanol–water partition coefficient (Wildman–Crippen LogP) is 3.21.